The Labute approximate surface area is 211 Å². The third-order valence-electron chi connectivity index (χ3n) is 6.42. The number of hydrogen-bond donors (Lipinski definition) is 1. The molecular weight excluding hydrogens is 460 g/mol. The van der Waals surface area contributed by atoms with Crippen molar-refractivity contribution in [3.05, 3.63) is 77.9 Å². The van der Waals surface area contributed by atoms with Crippen LogP contribution in [0.5, 0.6) is 11.5 Å². The van der Waals surface area contributed by atoms with Gasteiger partial charge < -0.3 is 24.2 Å². The SMILES string of the molecule is C=CCOc1ccc([C@H]2C(=C(O)c3ccccc3)C(=O)C(=O)N2CCCN2CCOCC2)cc1OC. The summed E-state index contributed by atoms with van der Waals surface area (Å²) in [6.45, 7) is 8.22. The van der Waals surface area contributed by atoms with Gasteiger partial charge >= 0.3 is 0 Å². The maximum absolute atomic E-state index is 13.2. The van der Waals surface area contributed by atoms with Crippen LogP contribution in [0.15, 0.2) is 66.8 Å². The number of benzene rings is 2. The molecule has 0 radical (unpaired) electrons. The molecule has 8 nitrogen and oxygen atoms in total. The molecule has 2 saturated heterocycles. The number of methoxy groups -OCH3 is 1. The molecule has 36 heavy (non-hydrogen) atoms. The van der Waals surface area contributed by atoms with Crippen LogP contribution in [0.2, 0.25) is 0 Å². The van der Waals surface area contributed by atoms with Crippen LogP contribution in [0.3, 0.4) is 0 Å². The number of nitrogens with zero attached hydrogens (tertiary/aromatic N) is 2. The minimum Gasteiger partial charge on any atom is -0.507 e. The summed E-state index contributed by atoms with van der Waals surface area (Å²) in [6.07, 6.45) is 2.32. The molecule has 0 aliphatic carbocycles. The monoisotopic (exact) mass is 492 g/mol. The lowest BCUT2D eigenvalue weighted by atomic mass is 9.95. The van der Waals surface area contributed by atoms with Gasteiger partial charge in [-0.25, -0.2) is 0 Å². The second-order valence-corrected chi connectivity index (χ2v) is 8.68. The Hall–Kier alpha value is -3.62. The number of hydrogen-bond acceptors (Lipinski definition) is 7. The molecule has 1 amide bonds. The molecule has 190 valence electrons. The van der Waals surface area contributed by atoms with Gasteiger partial charge in [-0.2, -0.15) is 0 Å². The second kappa shape index (κ2) is 11.9. The molecule has 2 aliphatic heterocycles. The van der Waals surface area contributed by atoms with Crippen LogP contribution in [0.4, 0.5) is 0 Å². The minimum absolute atomic E-state index is 0.0689. The van der Waals surface area contributed by atoms with Crippen molar-refractivity contribution in [2.45, 2.75) is 12.5 Å². The van der Waals surface area contributed by atoms with Crippen LogP contribution in [0, 0.1) is 0 Å². The fourth-order valence-electron chi connectivity index (χ4n) is 4.62. The zero-order chi connectivity index (χ0) is 25.5. The van der Waals surface area contributed by atoms with E-state index in [2.05, 4.69) is 11.5 Å². The van der Waals surface area contributed by atoms with Crippen molar-refractivity contribution >= 4 is 17.4 Å². The number of ether oxygens (including phenoxy) is 3. The molecule has 0 bridgehead atoms. The Bertz CT molecular complexity index is 1120. The van der Waals surface area contributed by atoms with Crippen LogP contribution in [0.25, 0.3) is 5.76 Å². The molecule has 0 saturated carbocycles. The fourth-order valence-corrected chi connectivity index (χ4v) is 4.62. The normalized spacial score (nSPS) is 19.9. The highest BCUT2D eigenvalue weighted by Gasteiger charge is 2.46. The van der Waals surface area contributed by atoms with Crippen molar-refractivity contribution in [3.8, 4) is 11.5 Å². The zero-order valence-electron chi connectivity index (χ0n) is 20.5. The Balaban J connectivity index is 1.70. The summed E-state index contributed by atoms with van der Waals surface area (Å²) < 4.78 is 16.6. The smallest absolute Gasteiger partial charge is 0.295 e. The highest BCUT2D eigenvalue weighted by atomic mass is 16.5. The molecule has 0 spiro atoms. The molecule has 2 aromatic rings. The summed E-state index contributed by atoms with van der Waals surface area (Å²) >= 11 is 0. The van der Waals surface area contributed by atoms with Crippen LogP contribution in [-0.2, 0) is 14.3 Å². The highest BCUT2D eigenvalue weighted by Crippen LogP contribution is 2.42. The Morgan fingerprint density at radius 3 is 2.56 bits per heavy atom. The lowest BCUT2D eigenvalue weighted by Crippen LogP contribution is -2.39. The van der Waals surface area contributed by atoms with E-state index in [0.29, 0.717) is 55.4 Å². The maximum atomic E-state index is 13.2. The average Bonchev–Trinajstić information content (AvgIpc) is 3.17. The Morgan fingerprint density at radius 1 is 1.11 bits per heavy atom. The predicted molar refractivity (Wildman–Crippen MR) is 136 cm³/mol. The van der Waals surface area contributed by atoms with Gasteiger partial charge in [0.15, 0.2) is 11.5 Å². The van der Waals surface area contributed by atoms with Gasteiger partial charge in [-0.05, 0) is 24.1 Å². The van der Waals surface area contributed by atoms with Gasteiger partial charge in [-0.15, -0.1) is 0 Å². The molecule has 2 heterocycles. The van der Waals surface area contributed by atoms with E-state index in [1.165, 1.54) is 7.11 Å². The molecule has 1 atom stereocenters. The van der Waals surface area contributed by atoms with Gasteiger partial charge in [-0.1, -0.05) is 49.1 Å². The highest BCUT2D eigenvalue weighted by molar-refractivity contribution is 6.46. The standard InChI is InChI=1S/C28H32N2O6/c1-3-16-36-22-11-10-21(19-23(22)34-2)25-24(26(31)20-8-5-4-6-9-20)27(32)28(33)30(25)13-7-12-29-14-17-35-18-15-29/h3-6,8-11,19,25,31H,1,7,12-18H2,2H3/t25-/m0/s1. The topological polar surface area (TPSA) is 88.5 Å². The Kier molecular flexibility index (Phi) is 8.40. The number of carbonyl (C=O) groups is 2. The molecule has 2 aromatic carbocycles. The van der Waals surface area contributed by atoms with Crippen molar-refractivity contribution in [3.63, 3.8) is 0 Å². The molecular formula is C28H32N2O6. The summed E-state index contributed by atoms with van der Waals surface area (Å²) in [5.41, 5.74) is 1.20. The van der Waals surface area contributed by atoms with Crippen LogP contribution in [0.1, 0.15) is 23.6 Å². The van der Waals surface area contributed by atoms with Gasteiger partial charge in [0.1, 0.15) is 12.4 Å². The number of aliphatic hydroxyl groups excluding tert-OH is 1. The fraction of sp³-hybridized carbons (Fsp3) is 0.357. The first kappa shape index (κ1) is 25.5. The quantitative estimate of drug-likeness (QED) is 0.235. The molecule has 0 unspecified atom stereocenters. The summed E-state index contributed by atoms with van der Waals surface area (Å²) in [5, 5.41) is 11.2. The number of ketones is 1. The van der Waals surface area contributed by atoms with Gasteiger partial charge in [0.05, 0.1) is 31.9 Å². The second-order valence-electron chi connectivity index (χ2n) is 8.68. The summed E-state index contributed by atoms with van der Waals surface area (Å²) in [7, 11) is 1.53. The number of likely N-dealkylation sites (tertiary alicyclic amines) is 1. The molecule has 8 heteroatoms. The summed E-state index contributed by atoms with van der Waals surface area (Å²) in [5.74, 6) is -0.522. The lowest BCUT2D eigenvalue weighted by Gasteiger charge is -2.29. The number of morpholine rings is 1. The number of rotatable bonds is 10. The van der Waals surface area contributed by atoms with E-state index in [1.807, 2.05) is 6.07 Å². The maximum Gasteiger partial charge on any atom is 0.295 e. The lowest BCUT2D eigenvalue weighted by molar-refractivity contribution is -0.140. The van der Waals surface area contributed by atoms with Crippen LogP contribution < -0.4 is 9.47 Å². The molecule has 0 aromatic heterocycles. The largest absolute Gasteiger partial charge is 0.507 e. The van der Waals surface area contributed by atoms with E-state index in [9.17, 15) is 14.7 Å². The van der Waals surface area contributed by atoms with Crippen LogP contribution >= 0.6 is 0 Å². The van der Waals surface area contributed by atoms with E-state index in [4.69, 9.17) is 14.2 Å². The number of Topliss-reactive ketones (excluding diaryl/α,β-unsaturated/α-hetero) is 1. The van der Waals surface area contributed by atoms with E-state index in [-0.39, 0.29) is 11.3 Å². The average molecular weight is 493 g/mol. The summed E-state index contributed by atoms with van der Waals surface area (Å²) in [4.78, 5) is 30.3. The van der Waals surface area contributed by atoms with Crippen LogP contribution in [-0.4, -0.2) is 79.7 Å². The van der Waals surface area contributed by atoms with E-state index < -0.39 is 17.7 Å². The Morgan fingerprint density at radius 2 is 1.86 bits per heavy atom. The van der Waals surface area contributed by atoms with Gasteiger partial charge in [-0.3, -0.25) is 14.5 Å². The van der Waals surface area contributed by atoms with Gasteiger partial charge in [0, 0.05) is 31.7 Å². The number of aliphatic hydroxyl groups is 1. The van der Waals surface area contributed by atoms with E-state index in [0.717, 1.165) is 19.6 Å². The van der Waals surface area contributed by atoms with Crippen molar-refractivity contribution < 1.29 is 28.9 Å². The van der Waals surface area contributed by atoms with Gasteiger partial charge in [0.2, 0.25) is 0 Å². The molecule has 2 aliphatic rings. The first-order valence-corrected chi connectivity index (χ1v) is 12.1. The number of amides is 1. The third-order valence-corrected chi connectivity index (χ3v) is 6.42. The van der Waals surface area contributed by atoms with Crippen molar-refractivity contribution in [2.75, 3.05) is 53.1 Å². The minimum atomic E-state index is -0.753. The first-order chi connectivity index (χ1) is 17.5. The third kappa shape index (κ3) is 5.45. The predicted octanol–water partition coefficient (Wildman–Crippen LogP) is 3.40. The van der Waals surface area contributed by atoms with E-state index >= 15 is 0 Å². The summed E-state index contributed by atoms with van der Waals surface area (Å²) in [6, 6.07) is 13.3. The molecule has 4 rings (SSSR count). The molecule has 2 fully saturated rings. The van der Waals surface area contributed by atoms with Gasteiger partial charge in [0.25, 0.3) is 11.7 Å². The van der Waals surface area contributed by atoms with Crippen molar-refractivity contribution in [1.82, 2.24) is 9.80 Å². The number of carbonyl (C=O) groups excluding carboxylic acids is 2. The molecule has 1 N–H and O–H groups in total. The zero-order valence-corrected chi connectivity index (χ0v) is 20.5. The van der Waals surface area contributed by atoms with Crippen molar-refractivity contribution in [2.24, 2.45) is 0 Å². The van der Waals surface area contributed by atoms with Crippen molar-refractivity contribution in [1.29, 1.82) is 0 Å². The van der Waals surface area contributed by atoms with E-state index in [1.54, 1.807) is 53.4 Å². The first-order valence-electron chi connectivity index (χ1n) is 12.1.